The van der Waals surface area contributed by atoms with E-state index in [4.69, 9.17) is 0 Å². The van der Waals surface area contributed by atoms with E-state index in [0.717, 1.165) is 28.3 Å². The quantitative estimate of drug-likeness (QED) is 0.368. The highest BCUT2D eigenvalue weighted by atomic mass is 16.1. The highest BCUT2D eigenvalue weighted by Gasteiger charge is 2.11. The number of benzene rings is 3. The minimum Gasteiger partial charge on any atom is -0.324 e. The molecule has 0 aliphatic heterocycles. The maximum Gasteiger partial charge on any atom is 0.280 e. The molecular weight excluding hydrogens is 386 g/mol. The van der Waals surface area contributed by atoms with Crippen molar-refractivity contribution in [1.82, 2.24) is 9.78 Å². The number of guanidine groups is 1. The van der Waals surface area contributed by atoms with E-state index < -0.39 is 0 Å². The Morgan fingerprint density at radius 3 is 2.23 bits per heavy atom. The topological polar surface area (TPSA) is 74.5 Å². The van der Waals surface area contributed by atoms with Crippen molar-refractivity contribution >= 4 is 23.5 Å². The van der Waals surface area contributed by atoms with Crippen molar-refractivity contribution in [2.45, 2.75) is 13.8 Å². The Morgan fingerprint density at radius 2 is 1.55 bits per heavy atom. The zero-order valence-corrected chi connectivity index (χ0v) is 17.4. The third-order valence-electron chi connectivity index (χ3n) is 4.75. The van der Waals surface area contributed by atoms with Crippen molar-refractivity contribution in [2.75, 3.05) is 5.32 Å². The molecule has 2 N–H and O–H groups in total. The lowest BCUT2D eigenvalue weighted by atomic mass is 10.2. The Labute approximate surface area is 180 Å². The SMILES string of the molecule is Cc1ccc(-n2[nH]c(C)c(C=NC(=Nc3ccccc3)Nc3ccccc3)c2=O)cc1. The number of nitrogens with zero attached hydrogens (tertiary/aromatic N) is 3. The molecule has 0 atom stereocenters. The number of aromatic amines is 1. The molecule has 0 spiro atoms. The molecule has 0 bridgehead atoms. The third-order valence-corrected chi connectivity index (χ3v) is 4.75. The number of para-hydroxylation sites is 2. The van der Waals surface area contributed by atoms with Gasteiger partial charge in [-0.1, -0.05) is 54.1 Å². The van der Waals surface area contributed by atoms with Crippen molar-refractivity contribution in [3.63, 3.8) is 0 Å². The average molecular weight is 409 g/mol. The van der Waals surface area contributed by atoms with Crippen LogP contribution in [0.3, 0.4) is 0 Å². The largest absolute Gasteiger partial charge is 0.324 e. The average Bonchev–Trinajstić information content (AvgIpc) is 3.07. The summed E-state index contributed by atoms with van der Waals surface area (Å²) in [5, 5.41) is 6.34. The van der Waals surface area contributed by atoms with Crippen LogP contribution < -0.4 is 10.9 Å². The first-order valence-corrected chi connectivity index (χ1v) is 9.99. The Kier molecular flexibility index (Phi) is 5.89. The van der Waals surface area contributed by atoms with Gasteiger partial charge < -0.3 is 5.32 Å². The maximum absolute atomic E-state index is 13.0. The lowest BCUT2D eigenvalue weighted by molar-refractivity contribution is 0.835. The standard InChI is InChI=1S/C25H23N5O/c1-18-13-15-22(16-14-18)30-24(31)23(19(2)29-30)17-26-25(27-20-9-5-3-6-10-20)28-21-11-7-4-8-12-21/h3-17,29H,1-2H3,(H,27,28). The summed E-state index contributed by atoms with van der Waals surface area (Å²) in [5.41, 5.74) is 4.58. The first-order chi connectivity index (χ1) is 15.1. The van der Waals surface area contributed by atoms with Crippen LogP contribution in [0, 0.1) is 13.8 Å². The van der Waals surface area contributed by atoms with Gasteiger partial charge in [-0.2, -0.15) is 0 Å². The summed E-state index contributed by atoms with van der Waals surface area (Å²) in [5.74, 6) is 0.388. The van der Waals surface area contributed by atoms with Crippen molar-refractivity contribution < 1.29 is 0 Å². The van der Waals surface area contributed by atoms with Crippen LogP contribution in [0.2, 0.25) is 0 Å². The number of aromatic nitrogens is 2. The summed E-state index contributed by atoms with van der Waals surface area (Å²) in [6.07, 6.45) is 1.55. The van der Waals surface area contributed by atoms with E-state index in [9.17, 15) is 4.79 Å². The molecule has 0 radical (unpaired) electrons. The van der Waals surface area contributed by atoms with E-state index in [1.165, 1.54) is 4.68 Å². The molecule has 6 heteroatoms. The molecule has 154 valence electrons. The van der Waals surface area contributed by atoms with Gasteiger partial charge in [-0.25, -0.2) is 14.7 Å². The fourth-order valence-corrected chi connectivity index (χ4v) is 3.08. The minimum atomic E-state index is -0.163. The highest BCUT2D eigenvalue weighted by Crippen LogP contribution is 2.13. The molecule has 6 nitrogen and oxygen atoms in total. The van der Waals surface area contributed by atoms with E-state index in [-0.39, 0.29) is 5.56 Å². The molecule has 3 aromatic carbocycles. The molecule has 4 aromatic rings. The van der Waals surface area contributed by atoms with Crippen molar-refractivity contribution in [2.24, 2.45) is 9.98 Å². The van der Waals surface area contributed by atoms with Gasteiger partial charge in [-0.05, 0) is 50.2 Å². The van der Waals surface area contributed by atoms with Gasteiger partial charge in [-0.3, -0.25) is 9.89 Å². The van der Waals surface area contributed by atoms with Crippen LogP contribution in [-0.4, -0.2) is 22.0 Å². The number of anilines is 1. The summed E-state index contributed by atoms with van der Waals surface area (Å²) in [6.45, 7) is 3.87. The fraction of sp³-hybridized carbons (Fsp3) is 0.0800. The van der Waals surface area contributed by atoms with Crippen LogP contribution in [0.4, 0.5) is 11.4 Å². The molecule has 0 unspecified atom stereocenters. The number of hydrogen-bond donors (Lipinski definition) is 2. The van der Waals surface area contributed by atoms with Gasteiger partial charge in [-0.15, -0.1) is 0 Å². The lowest BCUT2D eigenvalue weighted by Gasteiger charge is -2.05. The smallest absolute Gasteiger partial charge is 0.280 e. The zero-order chi connectivity index (χ0) is 21.6. The Balaban J connectivity index is 1.68. The zero-order valence-electron chi connectivity index (χ0n) is 17.4. The van der Waals surface area contributed by atoms with Gasteiger partial charge in [0.1, 0.15) is 0 Å². The minimum absolute atomic E-state index is 0.163. The van der Waals surface area contributed by atoms with Gasteiger partial charge in [0.05, 0.1) is 16.9 Å². The molecule has 0 aliphatic carbocycles. The van der Waals surface area contributed by atoms with E-state index in [1.54, 1.807) is 6.21 Å². The fourth-order valence-electron chi connectivity index (χ4n) is 3.08. The van der Waals surface area contributed by atoms with Gasteiger partial charge in [0.2, 0.25) is 5.96 Å². The second kappa shape index (κ2) is 9.09. The summed E-state index contributed by atoms with van der Waals surface area (Å²) in [4.78, 5) is 22.1. The normalized spacial score (nSPS) is 11.7. The monoisotopic (exact) mass is 409 g/mol. The van der Waals surface area contributed by atoms with Crippen LogP contribution in [0.15, 0.2) is 99.7 Å². The second-order valence-corrected chi connectivity index (χ2v) is 7.15. The summed E-state index contributed by atoms with van der Waals surface area (Å²) in [6, 6.07) is 27.0. The number of aryl methyl sites for hydroxylation is 2. The molecule has 0 fully saturated rings. The summed E-state index contributed by atoms with van der Waals surface area (Å²) >= 11 is 0. The van der Waals surface area contributed by atoms with Crippen LogP contribution in [0.25, 0.3) is 5.69 Å². The Morgan fingerprint density at radius 1 is 0.903 bits per heavy atom. The Hall–Kier alpha value is -4.19. The summed E-state index contributed by atoms with van der Waals surface area (Å²) < 4.78 is 1.52. The number of hydrogen-bond acceptors (Lipinski definition) is 2. The van der Waals surface area contributed by atoms with E-state index in [0.29, 0.717) is 11.5 Å². The van der Waals surface area contributed by atoms with Crippen LogP contribution in [0.5, 0.6) is 0 Å². The lowest BCUT2D eigenvalue weighted by Crippen LogP contribution is -2.18. The Bertz CT molecular complexity index is 1270. The molecule has 0 saturated heterocycles. The summed E-state index contributed by atoms with van der Waals surface area (Å²) in [7, 11) is 0. The highest BCUT2D eigenvalue weighted by molar-refractivity contribution is 6.02. The van der Waals surface area contributed by atoms with Gasteiger partial charge in [0.15, 0.2) is 0 Å². The molecule has 1 heterocycles. The van der Waals surface area contributed by atoms with Crippen LogP contribution in [-0.2, 0) is 0 Å². The molecule has 31 heavy (non-hydrogen) atoms. The molecular formula is C25H23N5O. The number of aliphatic imine (C=N–C) groups is 2. The number of rotatable bonds is 4. The first kappa shape index (κ1) is 20.1. The predicted octanol–water partition coefficient (Wildman–Crippen LogP) is 5.00. The van der Waals surface area contributed by atoms with Crippen molar-refractivity contribution in [3.05, 3.63) is 112 Å². The maximum atomic E-state index is 13.0. The van der Waals surface area contributed by atoms with Crippen LogP contribution >= 0.6 is 0 Å². The number of H-pyrrole nitrogens is 1. The third kappa shape index (κ3) is 4.87. The molecule has 0 aliphatic rings. The van der Waals surface area contributed by atoms with Gasteiger partial charge in [0.25, 0.3) is 5.56 Å². The molecule has 0 saturated carbocycles. The van der Waals surface area contributed by atoms with Crippen LogP contribution in [0.1, 0.15) is 16.8 Å². The van der Waals surface area contributed by atoms with Gasteiger partial charge in [0, 0.05) is 17.6 Å². The van der Waals surface area contributed by atoms with E-state index >= 15 is 0 Å². The van der Waals surface area contributed by atoms with E-state index in [1.807, 2.05) is 98.8 Å². The molecule has 4 rings (SSSR count). The van der Waals surface area contributed by atoms with Crippen molar-refractivity contribution in [3.8, 4) is 5.69 Å². The molecule has 0 amide bonds. The van der Waals surface area contributed by atoms with Crippen molar-refractivity contribution in [1.29, 1.82) is 0 Å². The number of nitrogens with one attached hydrogen (secondary N) is 2. The predicted molar refractivity (Wildman–Crippen MR) is 127 cm³/mol. The second-order valence-electron chi connectivity index (χ2n) is 7.15. The van der Waals surface area contributed by atoms with E-state index in [2.05, 4.69) is 20.4 Å². The molecule has 1 aromatic heterocycles. The van der Waals surface area contributed by atoms with Gasteiger partial charge >= 0.3 is 0 Å². The first-order valence-electron chi connectivity index (χ1n) is 9.99.